The summed E-state index contributed by atoms with van der Waals surface area (Å²) in [7, 11) is 3.37. The zero-order valence-corrected chi connectivity index (χ0v) is 14.9. The van der Waals surface area contributed by atoms with Gasteiger partial charge in [0.15, 0.2) is 0 Å². The molecule has 2 rings (SSSR count). The maximum Gasteiger partial charge on any atom is 0.226 e. The lowest BCUT2D eigenvalue weighted by molar-refractivity contribution is 0.576. The van der Waals surface area contributed by atoms with Crippen LogP contribution >= 0.6 is 45.2 Å². The molecular weight excluding hydrogens is 485 g/mol. The summed E-state index contributed by atoms with van der Waals surface area (Å²) in [5.41, 5.74) is 4.50. The smallest absolute Gasteiger partial charge is 0.226 e. The molecule has 0 atom stereocenters. The molecule has 0 aliphatic rings. The lowest BCUT2D eigenvalue weighted by Crippen LogP contribution is -1.93. The van der Waals surface area contributed by atoms with Crippen LogP contribution in [0.4, 0.5) is 10.2 Å². The molecule has 4 nitrogen and oxygen atoms in total. The number of aromatic nitrogens is 2. The summed E-state index contributed by atoms with van der Waals surface area (Å²) < 4.78 is 13.9. The Morgan fingerprint density at radius 2 is 1.55 bits per heavy atom. The number of halogens is 3. The second-order valence-electron chi connectivity index (χ2n) is 2.86. The molecule has 7 heteroatoms. The monoisotopic (exact) mass is 504 g/mol. The summed E-state index contributed by atoms with van der Waals surface area (Å²) in [6.45, 7) is 0. The predicted octanol–water partition coefficient (Wildman–Crippen LogP) is 3.76. The van der Waals surface area contributed by atoms with Crippen LogP contribution in [-0.4, -0.2) is 24.1 Å². The average molecular weight is 504 g/mol. The molecule has 0 aliphatic heterocycles. The quantitative estimate of drug-likeness (QED) is 0.459. The normalized spacial score (nSPS) is 8.10. The topological polar surface area (TPSA) is 63.8 Å². The summed E-state index contributed by atoms with van der Waals surface area (Å²) >= 11 is 4.12. The van der Waals surface area contributed by atoms with Crippen molar-refractivity contribution < 1.29 is 4.39 Å². The Morgan fingerprint density at radius 1 is 1.05 bits per heavy atom. The first kappa shape index (κ1) is 21.7. The van der Waals surface area contributed by atoms with Crippen LogP contribution in [0.3, 0.4) is 0 Å². The van der Waals surface area contributed by atoms with Gasteiger partial charge in [0.05, 0.1) is 7.14 Å². The van der Waals surface area contributed by atoms with E-state index in [0.717, 1.165) is 9.39 Å². The first-order valence-electron chi connectivity index (χ1n) is 5.27. The highest BCUT2D eigenvalue weighted by molar-refractivity contribution is 14.1. The number of hydrogen-bond acceptors (Lipinski definition) is 4. The van der Waals surface area contributed by atoms with Gasteiger partial charge < -0.3 is 11.1 Å². The van der Waals surface area contributed by atoms with Crippen molar-refractivity contribution in [3.05, 3.63) is 49.7 Å². The van der Waals surface area contributed by atoms with E-state index in [1.54, 1.807) is 18.3 Å². The number of anilines is 1. The van der Waals surface area contributed by atoms with E-state index in [9.17, 15) is 4.39 Å². The minimum absolute atomic E-state index is 0. The molecular formula is C13H19FI2N4. The predicted molar refractivity (Wildman–Crippen MR) is 100 cm³/mol. The minimum atomic E-state index is -0.395. The van der Waals surface area contributed by atoms with Crippen molar-refractivity contribution in [3.63, 3.8) is 0 Å². The van der Waals surface area contributed by atoms with Crippen LogP contribution < -0.4 is 11.1 Å². The maximum atomic E-state index is 12.2. The van der Waals surface area contributed by atoms with Gasteiger partial charge in [0, 0.05) is 19.4 Å². The van der Waals surface area contributed by atoms with E-state index in [1.807, 2.05) is 41.8 Å². The molecule has 0 fully saturated rings. The molecule has 0 aliphatic carbocycles. The van der Waals surface area contributed by atoms with Crippen LogP contribution in [0.15, 0.2) is 36.7 Å². The van der Waals surface area contributed by atoms with E-state index < -0.39 is 5.95 Å². The van der Waals surface area contributed by atoms with Gasteiger partial charge in [0.2, 0.25) is 5.95 Å². The molecule has 3 N–H and O–H groups in total. The van der Waals surface area contributed by atoms with Crippen LogP contribution in [-0.2, 0) is 0 Å². The second-order valence-corrected chi connectivity index (χ2v) is 5.18. The van der Waals surface area contributed by atoms with Crippen molar-refractivity contribution in [2.24, 2.45) is 5.73 Å². The lowest BCUT2D eigenvalue weighted by Gasteiger charge is -1.98. The van der Waals surface area contributed by atoms with Gasteiger partial charge >= 0.3 is 0 Å². The zero-order chi connectivity index (χ0) is 14.7. The highest BCUT2D eigenvalue weighted by Crippen LogP contribution is 2.11. The highest BCUT2D eigenvalue weighted by atomic mass is 127. The van der Waals surface area contributed by atoms with Crippen molar-refractivity contribution >= 4 is 51.0 Å². The molecule has 0 unspecified atom stereocenters. The second kappa shape index (κ2) is 13.4. The van der Waals surface area contributed by atoms with Gasteiger partial charge in [-0.3, -0.25) is 0 Å². The molecule has 112 valence electrons. The van der Waals surface area contributed by atoms with Gasteiger partial charge in [-0.2, -0.15) is 4.39 Å². The molecule has 0 aromatic carbocycles. The van der Waals surface area contributed by atoms with Gasteiger partial charge in [0.25, 0.3) is 0 Å². The molecule has 0 bridgehead atoms. The van der Waals surface area contributed by atoms with E-state index >= 15 is 0 Å². The first-order valence-corrected chi connectivity index (χ1v) is 7.43. The fourth-order valence-corrected chi connectivity index (χ4v) is 1.90. The summed E-state index contributed by atoms with van der Waals surface area (Å²) in [4.78, 5) is 7.48. The Kier molecular flexibility index (Phi) is 14.6. The molecule has 0 amide bonds. The van der Waals surface area contributed by atoms with Gasteiger partial charge in [-0.05, 0) is 76.5 Å². The van der Waals surface area contributed by atoms with E-state index in [2.05, 4.69) is 43.6 Å². The van der Waals surface area contributed by atoms with E-state index in [0.29, 0.717) is 3.57 Å². The molecule has 0 spiro atoms. The molecule has 0 radical (unpaired) electrons. The number of hydrogen-bond donors (Lipinski definition) is 2. The van der Waals surface area contributed by atoms with Crippen molar-refractivity contribution in [1.82, 2.24) is 9.97 Å². The molecule has 2 heterocycles. The summed E-state index contributed by atoms with van der Waals surface area (Å²) in [6.07, 6.45) is 3.20. The Hall–Kier alpha value is -0.550. The molecule has 0 saturated heterocycles. The Balaban J connectivity index is 0. The van der Waals surface area contributed by atoms with Crippen molar-refractivity contribution in [2.75, 3.05) is 19.4 Å². The maximum absolute atomic E-state index is 12.2. The number of nitrogens with two attached hydrogens (primary N) is 1. The average Bonchev–Trinajstić information content (AvgIpc) is 2.46. The molecule has 2 aromatic heterocycles. The number of nitrogens with zero attached hydrogens (tertiary/aromatic N) is 2. The fourth-order valence-electron chi connectivity index (χ4n) is 0.936. The Labute approximate surface area is 147 Å². The summed E-state index contributed by atoms with van der Waals surface area (Å²) in [6, 6.07) is 7.30. The zero-order valence-electron chi connectivity index (χ0n) is 10.6. The number of nitrogens with one attached hydrogen (secondary N) is 1. The SMILES string of the molecule is C.CN.CNc1ncccc1I.Fc1ncccc1I. The van der Waals surface area contributed by atoms with Gasteiger partial charge in [-0.1, -0.05) is 7.43 Å². The van der Waals surface area contributed by atoms with Crippen LogP contribution in [0.2, 0.25) is 0 Å². The minimum Gasteiger partial charge on any atom is -0.372 e. The highest BCUT2D eigenvalue weighted by Gasteiger charge is 1.93. The number of rotatable bonds is 1. The lowest BCUT2D eigenvalue weighted by atomic mass is 10.5. The third kappa shape index (κ3) is 8.59. The fraction of sp³-hybridized carbons (Fsp3) is 0.231. The molecule has 0 saturated carbocycles. The summed E-state index contributed by atoms with van der Waals surface area (Å²) in [5.74, 6) is 0.547. The molecule has 2 aromatic rings. The Bertz CT molecular complexity index is 462. The van der Waals surface area contributed by atoms with Crippen molar-refractivity contribution in [3.8, 4) is 0 Å². The van der Waals surface area contributed by atoms with Gasteiger partial charge in [-0.25, -0.2) is 9.97 Å². The summed E-state index contributed by atoms with van der Waals surface area (Å²) in [5, 5.41) is 2.98. The van der Waals surface area contributed by atoms with Crippen molar-refractivity contribution in [2.45, 2.75) is 7.43 Å². The largest absolute Gasteiger partial charge is 0.372 e. The van der Waals surface area contributed by atoms with Crippen LogP contribution in [0, 0.1) is 13.1 Å². The standard InChI is InChI=1S/C6H7IN2.C5H3FIN.CH5N.CH4/c1-8-6-5(7)3-2-4-9-6;6-5-4(7)2-1-3-8-5;1-2;/h2-4H,1H3,(H,8,9);1-3H;2H2,1H3;1H4. The molecule has 20 heavy (non-hydrogen) atoms. The van der Waals surface area contributed by atoms with Crippen LogP contribution in [0.5, 0.6) is 0 Å². The van der Waals surface area contributed by atoms with Gasteiger partial charge in [0.1, 0.15) is 5.82 Å². The van der Waals surface area contributed by atoms with E-state index in [-0.39, 0.29) is 7.43 Å². The third-order valence-corrected chi connectivity index (χ3v) is 3.38. The Morgan fingerprint density at radius 3 is 1.85 bits per heavy atom. The third-order valence-electron chi connectivity index (χ3n) is 1.71. The van der Waals surface area contributed by atoms with Crippen LogP contribution in [0.25, 0.3) is 0 Å². The van der Waals surface area contributed by atoms with Crippen molar-refractivity contribution in [1.29, 1.82) is 0 Å². The van der Waals surface area contributed by atoms with E-state index in [1.165, 1.54) is 13.2 Å². The first-order chi connectivity index (χ1) is 9.15. The number of pyridine rings is 2. The van der Waals surface area contributed by atoms with E-state index in [4.69, 9.17) is 0 Å². The van der Waals surface area contributed by atoms with Gasteiger partial charge in [-0.15, -0.1) is 0 Å². The van der Waals surface area contributed by atoms with Crippen LogP contribution in [0.1, 0.15) is 7.43 Å².